The van der Waals surface area contributed by atoms with Crippen molar-refractivity contribution in [1.82, 2.24) is 0 Å². The SMILES string of the molecule is Cc1cc(C)cc(C(=O)Nc2ccc(C)cc2C(=O)O)c1. The summed E-state index contributed by atoms with van der Waals surface area (Å²) in [6.45, 7) is 5.64. The van der Waals surface area contributed by atoms with E-state index in [9.17, 15) is 14.7 Å². The van der Waals surface area contributed by atoms with Crippen molar-refractivity contribution in [3.8, 4) is 0 Å². The van der Waals surface area contributed by atoms with E-state index in [-0.39, 0.29) is 11.5 Å². The number of carboxylic acid groups (broad SMARTS) is 1. The fraction of sp³-hybridized carbons (Fsp3) is 0.176. The van der Waals surface area contributed by atoms with Crippen LogP contribution in [0.15, 0.2) is 36.4 Å². The highest BCUT2D eigenvalue weighted by molar-refractivity contribution is 6.07. The van der Waals surface area contributed by atoms with E-state index in [4.69, 9.17) is 0 Å². The first-order valence-electron chi connectivity index (χ1n) is 6.60. The molecule has 4 heteroatoms. The quantitative estimate of drug-likeness (QED) is 0.905. The number of carbonyl (C=O) groups is 2. The van der Waals surface area contributed by atoms with Crippen molar-refractivity contribution in [2.24, 2.45) is 0 Å². The van der Waals surface area contributed by atoms with E-state index in [1.54, 1.807) is 30.3 Å². The Morgan fingerprint density at radius 2 is 1.52 bits per heavy atom. The highest BCUT2D eigenvalue weighted by Crippen LogP contribution is 2.19. The van der Waals surface area contributed by atoms with Crippen LogP contribution < -0.4 is 5.32 Å². The second-order valence-corrected chi connectivity index (χ2v) is 5.18. The minimum atomic E-state index is -1.06. The highest BCUT2D eigenvalue weighted by atomic mass is 16.4. The third-order valence-electron chi connectivity index (χ3n) is 3.14. The molecule has 0 aliphatic heterocycles. The maximum atomic E-state index is 12.3. The Kier molecular flexibility index (Phi) is 4.08. The molecule has 0 spiro atoms. The van der Waals surface area contributed by atoms with Gasteiger partial charge in [-0.15, -0.1) is 0 Å². The molecular weight excluding hydrogens is 266 g/mol. The second-order valence-electron chi connectivity index (χ2n) is 5.18. The van der Waals surface area contributed by atoms with Gasteiger partial charge >= 0.3 is 5.97 Å². The number of rotatable bonds is 3. The monoisotopic (exact) mass is 283 g/mol. The lowest BCUT2D eigenvalue weighted by molar-refractivity contribution is 0.0698. The fourth-order valence-electron chi connectivity index (χ4n) is 2.24. The van der Waals surface area contributed by atoms with Gasteiger partial charge in [0.1, 0.15) is 0 Å². The van der Waals surface area contributed by atoms with Gasteiger partial charge in [0, 0.05) is 5.56 Å². The summed E-state index contributed by atoms with van der Waals surface area (Å²) in [6.07, 6.45) is 0. The normalized spacial score (nSPS) is 10.2. The number of aryl methyl sites for hydroxylation is 3. The van der Waals surface area contributed by atoms with Crippen LogP contribution in [0.3, 0.4) is 0 Å². The zero-order valence-electron chi connectivity index (χ0n) is 12.2. The van der Waals surface area contributed by atoms with E-state index in [1.807, 2.05) is 26.8 Å². The number of benzene rings is 2. The zero-order valence-corrected chi connectivity index (χ0v) is 12.2. The van der Waals surface area contributed by atoms with Crippen LogP contribution in [0.25, 0.3) is 0 Å². The lowest BCUT2D eigenvalue weighted by atomic mass is 10.1. The van der Waals surface area contributed by atoms with Gasteiger partial charge in [0.2, 0.25) is 0 Å². The van der Waals surface area contributed by atoms with Crippen LogP contribution in [0.5, 0.6) is 0 Å². The van der Waals surface area contributed by atoms with E-state index in [2.05, 4.69) is 5.32 Å². The Morgan fingerprint density at radius 3 is 2.10 bits per heavy atom. The molecule has 0 aliphatic rings. The highest BCUT2D eigenvalue weighted by Gasteiger charge is 2.14. The number of nitrogens with one attached hydrogen (secondary N) is 1. The number of hydrogen-bond donors (Lipinski definition) is 2. The minimum Gasteiger partial charge on any atom is -0.478 e. The van der Waals surface area contributed by atoms with Gasteiger partial charge in [-0.05, 0) is 45.0 Å². The lowest BCUT2D eigenvalue weighted by Gasteiger charge is -2.10. The van der Waals surface area contributed by atoms with E-state index in [0.717, 1.165) is 16.7 Å². The molecule has 108 valence electrons. The van der Waals surface area contributed by atoms with Crippen molar-refractivity contribution in [3.63, 3.8) is 0 Å². The van der Waals surface area contributed by atoms with Crippen molar-refractivity contribution < 1.29 is 14.7 Å². The summed E-state index contributed by atoms with van der Waals surface area (Å²) in [4.78, 5) is 23.5. The summed E-state index contributed by atoms with van der Waals surface area (Å²) in [6, 6.07) is 10.4. The van der Waals surface area contributed by atoms with Gasteiger partial charge in [0.05, 0.1) is 11.3 Å². The first-order chi connectivity index (χ1) is 9.86. The Balaban J connectivity index is 2.33. The number of carbonyl (C=O) groups excluding carboxylic acids is 1. The molecule has 0 atom stereocenters. The van der Waals surface area contributed by atoms with Crippen molar-refractivity contribution in [1.29, 1.82) is 0 Å². The molecule has 2 rings (SSSR count). The number of anilines is 1. The van der Waals surface area contributed by atoms with Crippen LogP contribution >= 0.6 is 0 Å². The Morgan fingerprint density at radius 1 is 0.905 bits per heavy atom. The van der Waals surface area contributed by atoms with Gasteiger partial charge in [-0.2, -0.15) is 0 Å². The summed E-state index contributed by atoms with van der Waals surface area (Å²) >= 11 is 0. The molecule has 21 heavy (non-hydrogen) atoms. The van der Waals surface area contributed by atoms with Gasteiger partial charge < -0.3 is 10.4 Å². The average molecular weight is 283 g/mol. The molecule has 0 saturated heterocycles. The van der Waals surface area contributed by atoms with Crippen molar-refractivity contribution in [2.45, 2.75) is 20.8 Å². The van der Waals surface area contributed by atoms with Crippen LogP contribution in [-0.4, -0.2) is 17.0 Å². The zero-order chi connectivity index (χ0) is 15.6. The summed E-state index contributed by atoms with van der Waals surface area (Å²) in [5, 5.41) is 11.9. The van der Waals surface area contributed by atoms with Crippen LogP contribution in [-0.2, 0) is 0 Å². The van der Waals surface area contributed by atoms with Crippen molar-refractivity contribution in [2.75, 3.05) is 5.32 Å². The summed E-state index contributed by atoms with van der Waals surface area (Å²) in [5.41, 5.74) is 3.72. The number of aromatic carboxylic acids is 1. The Bertz CT molecular complexity index is 700. The molecular formula is C17H17NO3. The molecule has 0 aliphatic carbocycles. The molecule has 4 nitrogen and oxygen atoms in total. The summed E-state index contributed by atoms with van der Waals surface area (Å²) < 4.78 is 0. The minimum absolute atomic E-state index is 0.0905. The summed E-state index contributed by atoms with van der Waals surface area (Å²) in [7, 11) is 0. The molecule has 0 radical (unpaired) electrons. The first kappa shape index (κ1) is 14.8. The molecule has 2 aromatic carbocycles. The van der Waals surface area contributed by atoms with Crippen LogP contribution in [0.1, 0.15) is 37.4 Å². The second kappa shape index (κ2) is 5.79. The Labute approximate surface area is 123 Å². The average Bonchev–Trinajstić information content (AvgIpc) is 2.39. The predicted molar refractivity (Wildman–Crippen MR) is 82.0 cm³/mol. The topological polar surface area (TPSA) is 66.4 Å². The predicted octanol–water partition coefficient (Wildman–Crippen LogP) is 3.56. The molecule has 0 aromatic heterocycles. The van der Waals surface area contributed by atoms with Gasteiger partial charge in [-0.1, -0.05) is 28.8 Å². The smallest absolute Gasteiger partial charge is 0.337 e. The maximum absolute atomic E-state index is 12.3. The standard InChI is InChI=1S/C17H17NO3/c1-10-4-5-15(14(9-10)17(20)21)18-16(19)13-7-11(2)6-12(3)8-13/h4-9H,1-3H3,(H,18,19)(H,20,21). The number of carboxylic acids is 1. The number of amides is 1. The maximum Gasteiger partial charge on any atom is 0.337 e. The van der Waals surface area contributed by atoms with E-state index in [1.165, 1.54) is 0 Å². The molecule has 0 fully saturated rings. The van der Waals surface area contributed by atoms with Gasteiger partial charge in [-0.3, -0.25) is 4.79 Å². The molecule has 0 saturated carbocycles. The summed E-state index contributed by atoms with van der Waals surface area (Å²) in [5.74, 6) is -1.37. The molecule has 0 bridgehead atoms. The molecule has 0 heterocycles. The van der Waals surface area contributed by atoms with Crippen molar-refractivity contribution >= 4 is 17.6 Å². The van der Waals surface area contributed by atoms with Gasteiger partial charge in [-0.25, -0.2) is 4.79 Å². The molecule has 0 unspecified atom stereocenters. The Hall–Kier alpha value is -2.62. The van der Waals surface area contributed by atoms with Gasteiger partial charge in [0.15, 0.2) is 0 Å². The first-order valence-corrected chi connectivity index (χ1v) is 6.60. The van der Waals surface area contributed by atoms with Crippen molar-refractivity contribution in [3.05, 3.63) is 64.2 Å². The van der Waals surface area contributed by atoms with E-state index < -0.39 is 5.97 Å². The van der Waals surface area contributed by atoms with E-state index >= 15 is 0 Å². The molecule has 1 amide bonds. The molecule has 2 aromatic rings. The van der Waals surface area contributed by atoms with E-state index in [0.29, 0.717) is 11.3 Å². The van der Waals surface area contributed by atoms with Crippen LogP contribution in [0.2, 0.25) is 0 Å². The van der Waals surface area contributed by atoms with Gasteiger partial charge in [0.25, 0.3) is 5.91 Å². The molecule has 2 N–H and O–H groups in total. The fourth-order valence-corrected chi connectivity index (χ4v) is 2.24. The number of hydrogen-bond acceptors (Lipinski definition) is 2. The lowest BCUT2D eigenvalue weighted by Crippen LogP contribution is -2.15. The largest absolute Gasteiger partial charge is 0.478 e. The third kappa shape index (κ3) is 3.48. The van der Waals surface area contributed by atoms with Crippen LogP contribution in [0, 0.1) is 20.8 Å². The van der Waals surface area contributed by atoms with Crippen LogP contribution in [0.4, 0.5) is 5.69 Å². The third-order valence-corrected chi connectivity index (χ3v) is 3.14.